The minimum atomic E-state index is 0.0306. The lowest BCUT2D eigenvalue weighted by Gasteiger charge is -2.38. The Kier molecular flexibility index (Phi) is 6.51. The minimum Gasteiger partial charge on any atom is -0.343 e. The van der Waals surface area contributed by atoms with Gasteiger partial charge in [0.15, 0.2) is 0 Å². The molecule has 0 bridgehead atoms. The van der Waals surface area contributed by atoms with Gasteiger partial charge in [-0.25, -0.2) is 0 Å². The van der Waals surface area contributed by atoms with Gasteiger partial charge in [-0.05, 0) is 38.8 Å². The molecular formula is C19H32N4O3. The number of piperidine rings is 1. The summed E-state index contributed by atoms with van der Waals surface area (Å²) in [5, 5.41) is 0. The fourth-order valence-corrected chi connectivity index (χ4v) is 4.29. The normalized spacial score (nSPS) is 22.7. The van der Waals surface area contributed by atoms with Crippen LogP contribution in [0.2, 0.25) is 0 Å². The molecule has 0 atom stereocenters. The SMILES string of the molecule is CC(=O)N1CCC(C(=O)N2CCN(C(=O)CCN3CCCC3)CC2)CC1. The quantitative estimate of drug-likeness (QED) is 0.724. The Labute approximate surface area is 156 Å². The summed E-state index contributed by atoms with van der Waals surface area (Å²) in [7, 11) is 0. The van der Waals surface area contributed by atoms with E-state index in [2.05, 4.69) is 4.90 Å². The molecule has 0 N–H and O–H groups in total. The van der Waals surface area contributed by atoms with E-state index in [9.17, 15) is 14.4 Å². The fraction of sp³-hybridized carbons (Fsp3) is 0.842. The molecule has 3 rings (SSSR count). The van der Waals surface area contributed by atoms with E-state index in [0.29, 0.717) is 45.7 Å². The average Bonchev–Trinajstić information content (AvgIpc) is 3.19. The fourth-order valence-electron chi connectivity index (χ4n) is 4.29. The molecule has 0 aromatic carbocycles. The van der Waals surface area contributed by atoms with Crippen LogP contribution >= 0.6 is 0 Å². The maximum absolute atomic E-state index is 12.7. The van der Waals surface area contributed by atoms with E-state index in [-0.39, 0.29) is 23.6 Å². The molecule has 146 valence electrons. The van der Waals surface area contributed by atoms with Crippen LogP contribution in [-0.4, -0.2) is 96.2 Å². The van der Waals surface area contributed by atoms with Gasteiger partial charge in [-0.3, -0.25) is 14.4 Å². The predicted octanol–water partition coefficient (Wildman–Crippen LogP) is 0.402. The van der Waals surface area contributed by atoms with E-state index in [0.717, 1.165) is 32.5 Å². The molecule has 3 saturated heterocycles. The summed E-state index contributed by atoms with van der Waals surface area (Å²) < 4.78 is 0. The van der Waals surface area contributed by atoms with Gasteiger partial charge < -0.3 is 19.6 Å². The molecule has 3 aliphatic heterocycles. The molecule has 3 fully saturated rings. The third kappa shape index (κ3) is 4.75. The Morgan fingerprint density at radius 1 is 0.769 bits per heavy atom. The summed E-state index contributed by atoms with van der Waals surface area (Å²) in [5.74, 6) is 0.552. The highest BCUT2D eigenvalue weighted by atomic mass is 16.2. The van der Waals surface area contributed by atoms with E-state index >= 15 is 0 Å². The molecule has 0 aromatic rings. The Balaban J connectivity index is 1.38. The van der Waals surface area contributed by atoms with E-state index in [1.165, 1.54) is 12.8 Å². The highest BCUT2D eigenvalue weighted by molar-refractivity contribution is 5.81. The first-order chi connectivity index (χ1) is 12.5. The lowest BCUT2D eigenvalue weighted by Crippen LogP contribution is -2.53. The number of piperazine rings is 1. The number of likely N-dealkylation sites (tertiary alicyclic amines) is 2. The molecule has 0 unspecified atom stereocenters. The number of hydrogen-bond acceptors (Lipinski definition) is 4. The van der Waals surface area contributed by atoms with Gasteiger partial charge in [-0.2, -0.15) is 0 Å². The van der Waals surface area contributed by atoms with Crippen LogP contribution in [0.5, 0.6) is 0 Å². The molecule has 0 saturated carbocycles. The molecule has 7 nitrogen and oxygen atoms in total. The molecule has 3 aliphatic rings. The zero-order valence-corrected chi connectivity index (χ0v) is 16.0. The van der Waals surface area contributed by atoms with E-state index in [4.69, 9.17) is 0 Å². The van der Waals surface area contributed by atoms with E-state index < -0.39 is 0 Å². The number of rotatable bonds is 4. The van der Waals surface area contributed by atoms with Crippen molar-refractivity contribution >= 4 is 17.7 Å². The molecular weight excluding hydrogens is 332 g/mol. The number of carbonyl (C=O) groups is 3. The van der Waals surface area contributed by atoms with Crippen LogP contribution in [0.25, 0.3) is 0 Å². The summed E-state index contributed by atoms with van der Waals surface area (Å²) in [6.45, 7) is 8.64. The first-order valence-corrected chi connectivity index (χ1v) is 10.1. The topological polar surface area (TPSA) is 64.2 Å². The third-order valence-electron chi connectivity index (χ3n) is 6.07. The van der Waals surface area contributed by atoms with Gasteiger partial charge in [0.1, 0.15) is 0 Å². The number of carbonyl (C=O) groups excluding carboxylic acids is 3. The van der Waals surface area contributed by atoms with Gasteiger partial charge in [0, 0.05) is 65.1 Å². The number of hydrogen-bond donors (Lipinski definition) is 0. The molecule has 0 spiro atoms. The monoisotopic (exact) mass is 364 g/mol. The molecule has 3 heterocycles. The van der Waals surface area contributed by atoms with Crippen molar-refractivity contribution in [1.82, 2.24) is 19.6 Å². The molecule has 0 aromatic heterocycles. The maximum atomic E-state index is 12.7. The van der Waals surface area contributed by atoms with Crippen molar-refractivity contribution in [3.8, 4) is 0 Å². The third-order valence-corrected chi connectivity index (χ3v) is 6.07. The van der Waals surface area contributed by atoms with Crippen LogP contribution in [0, 0.1) is 5.92 Å². The van der Waals surface area contributed by atoms with Gasteiger partial charge in [0.05, 0.1) is 0 Å². The Hall–Kier alpha value is -1.63. The largest absolute Gasteiger partial charge is 0.343 e. The first-order valence-electron chi connectivity index (χ1n) is 10.1. The molecule has 0 aliphatic carbocycles. The van der Waals surface area contributed by atoms with Crippen molar-refractivity contribution in [2.45, 2.75) is 39.0 Å². The summed E-state index contributed by atoms with van der Waals surface area (Å²) in [4.78, 5) is 44.5. The second-order valence-electron chi connectivity index (χ2n) is 7.79. The van der Waals surface area contributed by atoms with Gasteiger partial charge in [-0.1, -0.05) is 0 Å². The van der Waals surface area contributed by atoms with E-state index in [1.807, 2.05) is 14.7 Å². The van der Waals surface area contributed by atoms with Gasteiger partial charge >= 0.3 is 0 Å². The van der Waals surface area contributed by atoms with E-state index in [1.54, 1.807) is 6.92 Å². The van der Waals surface area contributed by atoms with Crippen LogP contribution in [0.3, 0.4) is 0 Å². The van der Waals surface area contributed by atoms with Gasteiger partial charge in [-0.15, -0.1) is 0 Å². The second kappa shape index (κ2) is 8.84. The highest BCUT2D eigenvalue weighted by Crippen LogP contribution is 2.21. The summed E-state index contributed by atoms with van der Waals surface area (Å²) in [6, 6.07) is 0. The predicted molar refractivity (Wildman–Crippen MR) is 98.4 cm³/mol. The minimum absolute atomic E-state index is 0.0306. The number of amides is 3. The zero-order valence-electron chi connectivity index (χ0n) is 16.0. The zero-order chi connectivity index (χ0) is 18.5. The Bertz CT molecular complexity index is 517. The summed E-state index contributed by atoms with van der Waals surface area (Å²) in [6.07, 6.45) is 4.61. The lowest BCUT2D eigenvalue weighted by atomic mass is 9.95. The van der Waals surface area contributed by atoms with Crippen molar-refractivity contribution in [2.24, 2.45) is 5.92 Å². The summed E-state index contributed by atoms with van der Waals surface area (Å²) in [5.41, 5.74) is 0. The number of nitrogens with zero attached hydrogens (tertiary/aromatic N) is 4. The van der Waals surface area contributed by atoms with Crippen LogP contribution < -0.4 is 0 Å². The average molecular weight is 364 g/mol. The van der Waals surface area contributed by atoms with Crippen molar-refractivity contribution < 1.29 is 14.4 Å². The van der Waals surface area contributed by atoms with Crippen LogP contribution in [-0.2, 0) is 14.4 Å². The Morgan fingerprint density at radius 2 is 1.35 bits per heavy atom. The molecule has 0 radical (unpaired) electrons. The highest BCUT2D eigenvalue weighted by Gasteiger charge is 2.31. The summed E-state index contributed by atoms with van der Waals surface area (Å²) >= 11 is 0. The van der Waals surface area contributed by atoms with Gasteiger partial charge in [0.25, 0.3) is 0 Å². The van der Waals surface area contributed by atoms with Crippen LogP contribution in [0.4, 0.5) is 0 Å². The van der Waals surface area contributed by atoms with Crippen molar-refractivity contribution in [3.05, 3.63) is 0 Å². The molecule has 26 heavy (non-hydrogen) atoms. The molecule has 7 heteroatoms. The van der Waals surface area contributed by atoms with Crippen LogP contribution in [0.15, 0.2) is 0 Å². The smallest absolute Gasteiger partial charge is 0.225 e. The maximum Gasteiger partial charge on any atom is 0.225 e. The molecule has 3 amide bonds. The standard InChI is InChI=1S/C19H32N4O3/c1-16(24)21-10-4-17(5-11-21)19(26)23-14-12-22(13-15-23)18(25)6-9-20-7-2-3-8-20/h17H,2-15H2,1H3. The van der Waals surface area contributed by atoms with Crippen LogP contribution in [0.1, 0.15) is 39.0 Å². The lowest BCUT2D eigenvalue weighted by molar-refractivity contribution is -0.144. The van der Waals surface area contributed by atoms with Gasteiger partial charge in [0.2, 0.25) is 17.7 Å². The first kappa shape index (κ1) is 19.1. The second-order valence-corrected chi connectivity index (χ2v) is 7.79. The van der Waals surface area contributed by atoms with Crippen molar-refractivity contribution in [3.63, 3.8) is 0 Å². The van der Waals surface area contributed by atoms with Crippen molar-refractivity contribution in [1.29, 1.82) is 0 Å². The van der Waals surface area contributed by atoms with Crippen molar-refractivity contribution in [2.75, 3.05) is 58.9 Å². The Morgan fingerprint density at radius 3 is 1.92 bits per heavy atom.